The van der Waals surface area contributed by atoms with Gasteiger partial charge in [-0.2, -0.15) is 0 Å². The minimum atomic E-state index is -0.203. The van der Waals surface area contributed by atoms with E-state index in [0.29, 0.717) is 12.2 Å². The van der Waals surface area contributed by atoms with Crippen molar-refractivity contribution in [3.05, 3.63) is 24.0 Å². The van der Waals surface area contributed by atoms with Crippen molar-refractivity contribution in [1.82, 2.24) is 4.98 Å². The summed E-state index contributed by atoms with van der Waals surface area (Å²) < 4.78 is 5.21. The van der Waals surface area contributed by atoms with Crippen molar-refractivity contribution >= 4 is 5.97 Å². The molecule has 2 saturated carbocycles. The number of unbranched alkanes of at least 4 members (excludes halogenated alkanes) is 2. The number of esters is 1. The van der Waals surface area contributed by atoms with Crippen LogP contribution in [0.2, 0.25) is 0 Å². The van der Waals surface area contributed by atoms with Crippen molar-refractivity contribution < 1.29 is 9.53 Å². The standard InChI is InChI=1S/C27H43NO2/c1-3-5-6-7-21-8-13-23(14-9-21)24-15-10-22(11-16-24)12-17-25-18-19-26(20-28-25)30-27(29)4-2/h18-24H,3-17H2,1-2H3/t21-,22?,23-,24?. The Morgan fingerprint density at radius 1 is 0.900 bits per heavy atom. The summed E-state index contributed by atoms with van der Waals surface area (Å²) in [4.78, 5) is 15.9. The monoisotopic (exact) mass is 413 g/mol. The molecule has 0 aliphatic heterocycles. The van der Waals surface area contributed by atoms with Crippen LogP contribution in [-0.2, 0) is 11.2 Å². The van der Waals surface area contributed by atoms with Gasteiger partial charge >= 0.3 is 5.97 Å². The van der Waals surface area contributed by atoms with Gasteiger partial charge in [-0.1, -0.05) is 65.2 Å². The minimum absolute atomic E-state index is 0.203. The first-order chi connectivity index (χ1) is 14.7. The van der Waals surface area contributed by atoms with E-state index in [0.717, 1.165) is 35.8 Å². The zero-order valence-corrected chi connectivity index (χ0v) is 19.4. The Morgan fingerprint density at radius 2 is 1.53 bits per heavy atom. The fourth-order valence-corrected chi connectivity index (χ4v) is 5.75. The molecule has 1 aromatic rings. The molecule has 168 valence electrons. The first kappa shape index (κ1) is 23.3. The van der Waals surface area contributed by atoms with E-state index in [1.54, 1.807) is 13.1 Å². The molecule has 2 aliphatic carbocycles. The lowest BCUT2D eigenvalue weighted by molar-refractivity contribution is -0.134. The summed E-state index contributed by atoms with van der Waals surface area (Å²) in [5.41, 5.74) is 1.12. The largest absolute Gasteiger partial charge is 0.425 e. The molecular formula is C27H43NO2. The maximum absolute atomic E-state index is 11.4. The molecule has 2 fully saturated rings. The van der Waals surface area contributed by atoms with Crippen LogP contribution in [0, 0.1) is 23.7 Å². The lowest BCUT2D eigenvalue weighted by Gasteiger charge is -2.38. The van der Waals surface area contributed by atoms with Crippen molar-refractivity contribution in [2.24, 2.45) is 23.7 Å². The highest BCUT2D eigenvalue weighted by atomic mass is 16.5. The fourth-order valence-electron chi connectivity index (χ4n) is 5.75. The second-order valence-electron chi connectivity index (χ2n) is 9.91. The molecule has 1 heterocycles. The third-order valence-corrected chi connectivity index (χ3v) is 7.79. The molecule has 3 heteroatoms. The summed E-state index contributed by atoms with van der Waals surface area (Å²) in [6.45, 7) is 4.12. The molecule has 0 aromatic carbocycles. The molecule has 0 unspecified atom stereocenters. The molecule has 2 aliphatic rings. The van der Waals surface area contributed by atoms with Gasteiger partial charge in [0, 0.05) is 12.1 Å². The molecule has 3 rings (SSSR count). The van der Waals surface area contributed by atoms with Crippen molar-refractivity contribution in [2.75, 3.05) is 0 Å². The maximum Gasteiger partial charge on any atom is 0.310 e. The topological polar surface area (TPSA) is 39.2 Å². The summed E-state index contributed by atoms with van der Waals surface area (Å²) in [5, 5.41) is 0. The van der Waals surface area contributed by atoms with Crippen LogP contribution in [0.3, 0.4) is 0 Å². The molecule has 0 atom stereocenters. The predicted molar refractivity (Wildman–Crippen MR) is 124 cm³/mol. The van der Waals surface area contributed by atoms with E-state index >= 15 is 0 Å². The fraction of sp³-hybridized carbons (Fsp3) is 0.778. The van der Waals surface area contributed by atoms with Gasteiger partial charge in [0.25, 0.3) is 0 Å². The molecule has 0 bridgehead atoms. The van der Waals surface area contributed by atoms with Gasteiger partial charge in [0.05, 0.1) is 6.20 Å². The van der Waals surface area contributed by atoms with Gasteiger partial charge in [-0.25, -0.2) is 0 Å². The van der Waals surface area contributed by atoms with Crippen LogP contribution >= 0.6 is 0 Å². The van der Waals surface area contributed by atoms with Crippen LogP contribution in [0.25, 0.3) is 0 Å². The van der Waals surface area contributed by atoms with Crippen molar-refractivity contribution in [1.29, 1.82) is 0 Å². The van der Waals surface area contributed by atoms with Crippen molar-refractivity contribution in [2.45, 2.75) is 110 Å². The Labute approximate surface area is 184 Å². The third kappa shape index (κ3) is 7.39. The number of aromatic nitrogens is 1. The predicted octanol–water partition coefficient (Wildman–Crippen LogP) is 7.52. The zero-order chi connectivity index (χ0) is 21.2. The molecule has 0 amide bonds. The van der Waals surface area contributed by atoms with Gasteiger partial charge < -0.3 is 4.74 Å². The first-order valence-electron chi connectivity index (χ1n) is 12.8. The van der Waals surface area contributed by atoms with Crippen LogP contribution in [-0.4, -0.2) is 11.0 Å². The maximum atomic E-state index is 11.4. The number of carbonyl (C=O) groups excluding carboxylic acids is 1. The van der Waals surface area contributed by atoms with E-state index in [2.05, 4.69) is 11.9 Å². The lowest BCUT2D eigenvalue weighted by Crippen LogP contribution is -2.26. The SMILES string of the molecule is CCCCC[C@H]1CC[C@H](C2CCC(CCc3ccc(OC(=O)CC)cn3)CC2)CC1. The van der Waals surface area contributed by atoms with Crippen LogP contribution in [0.4, 0.5) is 0 Å². The summed E-state index contributed by atoms with van der Waals surface area (Å²) in [6, 6.07) is 3.90. The van der Waals surface area contributed by atoms with Gasteiger partial charge in [0.15, 0.2) is 0 Å². The van der Waals surface area contributed by atoms with Crippen molar-refractivity contribution in [3.63, 3.8) is 0 Å². The second kappa shape index (κ2) is 12.5. The highest BCUT2D eigenvalue weighted by Gasteiger charge is 2.30. The van der Waals surface area contributed by atoms with Gasteiger partial charge in [0.2, 0.25) is 0 Å². The zero-order valence-electron chi connectivity index (χ0n) is 19.4. The number of carbonyl (C=O) groups is 1. The van der Waals surface area contributed by atoms with Gasteiger partial charge in [-0.15, -0.1) is 0 Å². The van der Waals surface area contributed by atoms with E-state index in [-0.39, 0.29) is 5.97 Å². The van der Waals surface area contributed by atoms with Gasteiger partial charge in [-0.3, -0.25) is 9.78 Å². The van der Waals surface area contributed by atoms with E-state index in [1.165, 1.54) is 83.5 Å². The Bertz CT molecular complexity index is 610. The number of nitrogens with zero attached hydrogens (tertiary/aromatic N) is 1. The average Bonchev–Trinajstić information content (AvgIpc) is 2.79. The van der Waals surface area contributed by atoms with Crippen LogP contribution in [0.15, 0.2) is 18.3 Å². The smallest absolute Gasteiger partial charge is 0.310 e. The molecule has 0 saturated heterocycles. The van der Waals surface area contributed by atoms with Crippen LogP contribution < -0.4 is 4.74 Å². The summed E-state index contributed by atoms with van der Waals surface area (Å²) in [7, 11) is 0. The number of ether oxygens (including phenoxy) is 1. The highest BCUT2D eigenvalue weighted by molar-refractivity contribution is 5.71. The molecule has 0 radical (unpaired) electrons. The summed E-state index contributed by atoms with van der Waals surface area (Å²) in [6.07, 6.45) is 21.8. The van der Waals surface area contributed by atoms with Gasteiger partial charge in [0.1, 0.15) is 5.75 Å². The Hall–Kier alpha value is -1.38. The Morgan fingerprint density at radius 3 is 2.07 bits per heavy atom. The van der Waals surface area contributed by atoms with Crippen LogP contribution in [0.5, 0.6) is 5.75 Å². The number of aryl methyl sites for hydroxylation is 1. The molecule has 30 heavy (non-hydrogen) atoms. The molecule has 1 aromatic heterocycles. The first-order valence-corrected chi connectivity index (χ1v) is 12.8. The average molecular weight is 414 g/mol. The summed E-state index contributed by atoms with van der Waals surface area (Å²) >= 11 is 0. The van der Waals surface area contributed by atoms with Crippen molar-refractivity contribution in [3.8, 4) is 5.75 Å². The third-order valence-electron chi connectivity index (χ3n) is 7.79. The van der Waals surface area contributed by atoms with E-state index in [9.17, 15) is 4.79 Å². The van der Waals surface area contributed by atoms with Crippen LogP contribution in [0.1, 0.15) is 109 Å². The van der Waals surface area contributed by atoms with E-state index in [1.807, 2.05) is 12.1 Å². The second-order valence-corrected chi connectivity index (χ2v) is 9.91. The number of pyridine rings is 1. The number of rotatable bonds is 10. The Balaban J connectivity index is 1.32. The lowest BCUT2D eigenvalue weighted by atomic mass is 9.68. The molecular weight excluding hydrogens is 370 g/mol. The quantitative estimate of drug-likeness (QED) is 0.294. The Kier molecular flexibility index (Phi) is 9.68. The molecule has 3 nitrogen and oxygen atoms in total. The van der Waals surface area contributed by atoms with Gasteiger partial charge in [-0.05, 0) is 74.3 Å². The minimum Gasteiger partial charge on any atom is -0.425 e. The highest BCUT2D eigenvalue weighted by Crippen LogP contribution is 2.43. The van der Waals surface area contributed by atoms with E-state index < -0.39 is 0 Å². The summed E-state index contributed by atoms with van der Waals surface area (Å²) in [5.74, 6) is 4.29. The normalized spacial score (nSPS) is 27.0. The van der Waals surface area contributed by atoms with E-state index in [4.69, 9.17) is 4.74 Å². The molecule has 0 N–H and O–H groups in total. The number of hydrogen-bond donors (Lipinski definition) is 0. The number of hydrogen-bond acceptors (Lipinski definition) is 3. The molecule has 0 spiro atoms.